The summed E-state index contributed by atoms with van der Waals surface area (Å²) < 4.78 is 40.9. The number of hydrogen-bond acceptors (Lipinski definition) is 7. The summed E-state index contributed by atoms with van der Waals surface area (Å²) in [5.74, 6) is 0.534. The quantitative estimate of drug-likeness (QED) is 0.431. The van der Waals surface area contributed by atoms with E-state index in [2.05, 4.69) is 19.9 Å². The van der Waals surface area contributed by atoms with Crippen LogP contribution in [0.15, 0.2) is 29.6 Å². The van der Waals surface area contributed by atoms with E-state index in [1.54, 1.807) is 5.38 Å². The van der Waals surface area contributed by atoms with Crippen LogP contribution in [0.3, 0.4) is 0 Å². The van der Waals surface area contributed by atoms with E-state index in [9.17, 15) is 18.0 Å². The zero-order valence-electron chi connectivity index (χ0n) is 20.7. The van der Waals surface area contributed by atoms with Crippen molar-refractivity contribution in [2.24, 2.45) is 0 Å². The second-order valence-electron chi connectivity index (χ2n) is 9.67. The van der Waals surface area contributed by atoms with E-state index >= 15 is 0 Å². The summed E-state index contributed by atoms with van der Waals surface area (Å²) in [6, 6.07) is 7.55. The lowest BCUT2D eigenvalue weighted by atomic mass is 10.0. The summed E-state index contributed by atoms with van der Waals surface area (Å²) in [5.41, 5.74) is 2.94. The van der Waals surface area contributed by atoms with E-state index in [4.69, 9.17) is 9.97 Å². The SMILES string of the molecule is Cc1nc(N2CCC(N3CCCC3)CC2)nc2ccc(NC(=O)CCc3csc(OC(F)(F)F)c3)cc12. The lowest BCUT2D eigenvalue weighted by molar-refractivity contribution is -0.273. The molecule has 0 radical (unpaired) electrons. The third-order valence-electron chi connectivity index (χ3n) is 7.05. The fourth-order valence-electron chi connectivity index (χ4n) is 5.16. The number of carbonyl (C=O) groups excluding carboxylic acids is 1. The third-order valence-corrected chi connectivity index (χ3v) is 7.90. The maximum absolute atomic E-state index is 12.5. The Morgan fingerprint density at radius 2 is 1.89 bits per heavy atom. The molecule has 5 rings (SSSR count). The topological polar surface area (TPSA) is 70.6 Å². The van der Waals surface area contributed by atoms with Gasteiger partial charge in [0.25, 0.3) is 0 Å². The molecule has 198 valence electrons. The van der Waals surface area contributed by atoms with Crippen LogP contribution >= 0.6 is 11.3 Å². The first-order chi connectivity index (χ1) is 17.7. The predicted molar refractivity (Wildman–Crippen MR) is 138 cm³/mol. The Bertz CT molecular complexity index is 1250. The molecule has 2 fully saturated rings. The molecule has 2 aliphatic rings. The molecule has 0 unspecified atom stereocenters. The molecule has 0 spiro atoms. The van der Waals surface area contributed by atoms with E-state index in [0.717, 1.165) is 59.8 Å². The summed E-state index contributed by atoms with van der Waals surface area (Å²) >= 11 is 0.859. The van der Waals surface area contributed by atoms with E-state index in [-0.39, 0.29) is 17.4 Å². The fourth-order valence-corrected chi connectivity index (χ4v) is 5.97. The number of nitrogens with one attached hydrogen (secondary N) is 1. The number of fused-ring (bicyclic) bond motifs is 1. The Kier molecular flexibility index (Phi) is 7.52. The minimum absolute atomic E-state index is 0.141. The van der Waals surface area contributed by atoms with Crippen LogP contribution < -0.4 is 15.0 Å². The number of nitrogens with zero attached hydrogens (tertiary/aromatic N) is 4. The molecule has 4 heterocycles. The van der Waals surface area contributed by atoms with Gasteiger partial charge in [-0.25, -0.2) is 9.97 Å². The van der Waals surface area contributed by atoms with Crippen LogP contribution in [0.1, 0.15) is 43.4 Å². The van der Waals surface area contributed by atoms with Gasteiger partial charge in [-0.3, -0.25) is 4.79 Å². The minimum Gasteiger partial charge on any atom is -0.396 e. The van der Waals surface area contributed by atoms with Gasteiger partial charge in [-0.1, -0.05) is 0 Å². The highest BCUT2D eigenvalue weighted by Crippen LogP contribution is 2.30. The molecule has 0 saturated carbocycles. The summed E-state index contributed by atoms with van der Waals surface area (Å²) in [6.07, 6.45) is 0.625. The highest BCUT2D eigenvalue weighted by atomic mass is 32.1. The van der Waals surface area contributed by atoms with Crippen molar-refractivity contribution < 1.29 is 22.7 Å². The number of anilines is 2. The summed E-state index contributed by atoms with van der Waals surface area (Å²) in [5, 5.41) is 5.08. The summed E-state index contributed by atoms with van der Waals surface area (Å²) in [6.45, 7) is 6.30. The highest BCUT2D eigenvalue weighted by Gasteiger charge is 2.32. The van der Waals surface area contributed by atoms with E-state index in [1.165, 1.54) is 32.0 Å². The molecule has 37 heavy (non-hydrogen) atoms. The lowest BCUT2D eigenvalue weighted by Gasteiger charge is -2.36. The number of rotatable bonds is 7. The molecule has 2 aromatic heterocycles. The number of aromatic nitrogens is 2. The second kappa shape index (κ2) is 10.8. The zero-order chi connectivity index (χ0) is 26.0. The van der Waals surface area contributed by atoms with Gasteiger partial charge in [-0.05, 0) is 87.3 Å². The number of thiophene rings is 1. The van der Waals surface area contributed by atoms with E-state index in [1.807, 2.05) is 25.1 Å². The number of piperidine rings is 1. The van der Waals surface area contributed by atoms with Crippen molar-refractivity contribution in [3.8, 4) is 5.06 Å². The molecule has 7 nitrogen and oxygen atoms in total. The number of halogens is 3. The first-order valence-corrected chi connectivity index (χ1v) is 13.5. The number of carbonyl (C=O) groups is 1. The number of ether oxygens (including phenoxy) is 1. The normalized spacial score (nSPS) is 17.5. The minimum atomic E-state index is -4.72. The van der Waals surface area contributed by atoms with Crippen LogP contribution in [0.25, 0.3) is 10.9 Å². The summed E-state index contributed by atoms with van der Waals surface area (Å²) in [4.78, 5) is 26.9. The Labute approximate surface area is 217 Å². The standard InChI is InChI=1S/C26H30F3N5O2S/c1-17-21-15-19(31-23(35)7-4-18-14-24(37-16-18)36-26(27,28)29)5-6-22(21)32-25(30-17)34-12-8-20(9-13-34)33-10-2-3-11-33/h5-6,14-16,20H,2-4,7-13H2,1H3,(H,31,35). The molecule has 1 aromatic carbocycles. The zero-order valence-corrected chi connectivity index (χ0v) is 21.5. The monoisotopic (exact) mass is 533 g/mol. The highest BCUT2D eigenvalue weighted by molar-refractivity contribution is 7.12. The first-order valence-electron chi connectivity index (χ1n) is 12.6. The maximum Gasteiger partial charge on any atom is 0.573 e. The number of likely N-dealkylation sites (tertiary alicyclic amines) is 1. The van der Waals surface area contributed by atoms with Crippen LogP contribution in [0, 0.1) is 6.92 Å². The molecular formula is C26H30F3N5O2S. The van der Waals surface area contributed by atoms with Crippen LogP contribution in [0.2, 0.25) is 0 Å². The fraction of sp³-hybridized carbons (Fsp3) is 0.500. The van der Waals surface area contributed by atoms with Crippen molar-refractivity contribution in [2.75, 3.05) is 36.4 Å². The van der Waals surface area contributed by atoms with Gasteiger partial charge in [-0.15, -0.1) is 24.5 Å². The van der Waals surface area contributed by atoms with Gasteiger partial charge in [-0.2, -0.15) is 0 Å². The number of aryl methyl sites for hydroxylation is 2. The van der Waals surface area contributed by atoms with Gasteiger partial charge in [0.05, 0.1) is 11.2 Å². The van der Waals surface area contributed by atoms with Crippen LogP contribution in [0.4, 0.5) is 24.8 Å². The molecule has 1 N–H and O–H groups in total. The first kappa shape index (κ1) is 25.7. The number of alkyl halides is 3. The molecule has 2 saturated heterocycles. The number of hydrogen-bond donors (Lipinski definition) is 1. The number of amides is 1. The van der Waals surface area contributed by atoms with Crippen molar-refractivity contribution in [3.05, 3.63) is 40.9 Å². The van der Waals surface area contributed by atoms with Gasteiger partial charge in [0.15, 0.2) is 5.06 Å². The average molecular weight is 534 g/mol. The van der Waals surface area contributed by atoms with Gasteiger partial charge in [0.2, 0.25) is 11.9 Å². The lowest BCUT2D eigenvalue weighted by Crippen LogP contribution is -2.44. The predicted octanol–water partition coefficient (Wildman–Crippen LogP) is 5.53. The van der Waals surface area contributed by atoms with Gasteiger partial charge >= 0.3 is 6.36 Å². The van der Waals surface area contributed by atoms with Crippen molar-refractivity contribution in [1.29, 1.82) is 0 Å². The largest absolute Gasteiger partial charge is 0.573 e. The molecule has 2 aliphatic heterocycles. The molecule has 0 aliphatic carbocycles. The molecule has 1 amide bonds. The molecular weight excluding hydrogens is 503 g/mol. The van der Waals surface area contributed by atoms with Gasteiger partial charge in [0, 0.05) is 36.6 Å². The molecule has 3 aromatic rings. The van der Waals surface area contributed by atoms with Crippen molar-refractivity contribution >= 4 is 39.8 Å². The second-order valence-corrected chi connectivity index (χ2v) is 10.5. The summed E-state index contributed by atoms with van der Waals surface area (Å²) in [7, 11) is 0. The van der Waals surface area contributed by atoms with Crippen molar-refractivity contribution in [1.82, 2.24) is 14.9 Å². The van der Waals surface area contributed by atoms with Gasteiger partial charge in [0.1, 0.15) is 0 Å². The number of benzene rings is 1. The Morgan fingerprint density at radius 3 is 2.62 bits per heavy atom. The van der Waals surface area contributed by atoms with Crippen molar-refractivity contribution in [3.63, 3.8) is 0 Å². The van der Waals surface area contributed by atoms with E-state index in [0.29, 0.717) is 23.7 Å². The van der Waals surface area contributed by atoms with Crippen LogP contribution in [0.5, 0.6) is 5.06 Å². The molecule has 11 heteroatoms. The Hall–Kier alpha value is -2.92. The Morgan fingerprint density at radius 1 is 1.14 bits per heavy atom. The van der Waals surface area contributed by atoms with Gasteiger partial charge < -0.3 is 19.9 Å². The molecule has 0 atom stereocenters. The van der Waals surface area contributed by atoms with Crippen LogP contribution in [-0.2, 0) is 11.2 Å². The smallest absolute Gasteiger partial charge is 0.396 e. The molecule has 0 bridgehead atoms. The van der Waals surface area contributed by atoms with Crippen LogP contribution in [-0.4, -0.2) is 59.4 Å². The van der Waals surface area contributed by atoms with Crippen molar-refractivity contribution in [2.45, 2.75) is 57.9 Å². The van der Waals surface area contributed by atoms with E-state index < -0.39 is 6.36 Å². The Balaban J connectivity index is 1.18. The maximum atomic E-state index is 12.5. The average Bonchev–Trinajstić information content (AvgIpc) is 3.55. The third kappa shape index (κ3) is 6.51.